The number of nitrogens with zero attached hydrogens (tertiary/aromatic N) is 2. The van der Waals surface area contributed by atoms with Crippen LogP contribution >= 0.6 is 24.0 Å². The Hall–Kier alpha value is -1.67. The largest absolute Gasteiger partial charge is 0.358 e. The smallest absolute Gasteiger partial charge is 0.293 e. The van der Waals surface area contributed by atoms with Crippen LogP contribution in [-0.2, 0) is 4.79 Å². The molecule has 1 aliphatic heterocycles. The van der Waals surface area contributed by atoms with Crippen molar-refractivity contribution in [3.05, 3.63) is 33.9 Å². The molecule has 0 unspecified atom stereocenters. The van der Waals surface area contributed by atoms with Crippen molar-refractivity contribution in [2.24, 2.45) is 0 Å². The van der Waals surface area contributed by atoms with Crippen LogP contribution in [0.5, 0.6) is 0 Å². The van der Waals surface area contributed by atoms with Crippen molar-refractivity contribution < 1.29 is 9.72 Å². The number of hydrogen-bond acceptors (Lipinski definition) is 5. The topological polar surface area (TPSA) is 75.5 Å². The summed E-state index contributed by atoms with van der Waals surface area (Å²) in [7, 11) is 0. The van der Waals surface area contributed by atoms with E-state index in [1.165, 1.54) is 17.8 Å². The van der Waals surface area contributed by atoms with Crippen molar-refractivity contribution in [1.82, 2.24) is 4.90 Å². The maximum Gasteiger partial charge on any atom is 0.293 e. The van der Waals surface area contributed by atoms with E-state index in [2.05, 4.69) is 10.2 Å². The highest BCUT2D eigenvalue weighted by Gasteiger charge is 2.18. The fraction of sp³-hybridized carbons (Fsp3) is 0.429. The standard InChI is InChI=1S/C14H17N3O3S2/c1-10-4-5-11(12(8-10)17(19)20)15-13(18)9-22-14(21)16-6-2-3-7-16/h4-5,8H,2-3,6-7,9H2,1H3,(H,15,18). The summed E-state index contributed by atoms with van der Waals surface area (Å²) >= 11 is 6.58. The second-order valence-electron chi connectivity index (χ2n) is 5.07. The Bertz CT molecular complexity index is 601. The molecule has 0 bridgehead atoms. The van der Waals surface area contributed by atoms with Crippen LogP contribution in [0.3, 0.4) is 0 Å². The third kappa shape index (κ3) is 4.41. The molecule has 1 saturated heterocycles. The minimum absolute atomic E-state index is 0.0968. The quantitative estimate of drug-likeness (QED) is 0.516. The van der Waals surface area contributed by atoms with Gasteiger partial charge in [0.05, 0.1) is 10.7 Å². The molecule has 1 heterocycles. The molecule has 1 aliphatic rings. The van der Waals surface area contributed by atoms with Gasteiger partial charge in [-0.2, -0.15) is 0 Å². The molecule has 1 fully saturated rings. The van der Waals surface area contributed by atoms with Crippen LogP contribution in [0.2, 0.25) is 0 Å². The highest BCUT2D eigenvalue weighted by Crippen LogP contribution is 2.25. The van der Waals surface area contributed by atoms with Crippen molar-refractivity contribution in [3.63, 3.8) is 0 Å². The number of nitro groups is 1. The van der Waals surface area contributed by atoms with E-state index in [4.69, 9.17) is 12.2 Å². The Morgan fingerprint density at radius 3 is 2.77 bits per heavy atom. The van der Waals surface area contributed by atoms with E-state index in [-0.39, 0.29) is 23.0 Å². The molecule has 8 heteroatoms. The molecule has 1 amide bonds. The molecule has 0 aliphatic carbocycles. The number of nitro benzene ring substituents is 1. The van der Waals surface area contributed by atoms with Gasteiger partial charge in [-0.05, 0) is 31.4 Å². The number of benzene rings is 1. The SMILES string of the molecule is Cc1ccc(NC(=O)CSC(=S)N2CCCC2)c([N+](=O)[O-])c1. The number of aryl methyl sites for hydroxylation is 1. The van der Waals surface area contributed by atoms with Gasteiger partial charge in [0, 0.05) is 19.2 Å². The van der Waals surface area contributed by atoms with Crippen LogP contribution in [0.15, 0.2) is 18.2 Å². The van der Waals surface area contributed by atoms with Gasteiger partial charge in [-0.25, -0.2) is 0 Å². The minimum Gasteiger partial charge on any atom is -0.358 e. The third-order valence-corrected chi connectivity index (χ3v) is 4.84. The molecular formula is C14H17N3O3S2. The number of rotatable bonds is 4. The molecule has 0 spiro atoms. The first-order valence-electron chi connectivity index (χ1n) is 6.94. The van der Waals surface area contributed by atoms with Gasteiger partial charge >= 0.3 is 0 Å². The van der Waals surface area contributed by atoms with Gasteiger partial charge in [0.15, 0.2) is 0 Å². The normalized spacial score (nSPS) is 14.0. The number of anilines is 1. The van der Waals surface area contributed by atoms with Crippen LogP contribution in [0.25, 0.3) is 0 Å². The first kappa shape index (κ1) is 16.7. The lowest BCUT2D eigenvalue weighted by Gasteiger charge is -2.17. The highest BCUT2D eigenvalue weighted by atomic mass is 32.2. The van der Waals surface area contributed by atoms with Gasteiger partial charge in [-0.3, -0.25) is 14.9 Å². The molecule has 22 heavy (non-hydrogen) atoms. The fourth-order valence-electron chi connectivity index (χ4n) is 2.20. The molecule has 1 aromatic rings. The fourth-order valence-corrected chi connectivity index (χ4v) is 3.25. The van der Waals surface area contributed by atoms with Crippen molar-refractivity contribution in [2.45, 2.75) is 19.8 Å². The average Bonchev–Trinajstić information content (AvgIpc) is 3.00. The zero-order valence-electron chi connectivity index (χ0n) is 12.2. The van der Waals surface area contributed by atoms with E-state index in [9.17, 15) is 14.9 Å². The Morgan fingerprint density at radius 2 is 2.14 bits per heavy atom. The Morgan fingerprint density at radius 1 is 1.45 bits per heavy atom. The first-order valence-corrected chi connectivity index (χ1v) is 8.33. The number of thiocarbonyl (C=S) groups is 1. The number of carbonyl (C=O) groups excluding carboxylic acids is 1. The van der Waals surface area contributed by atoms with Gasteiger partial charge in [-0.15, -0.1) is 0 Å². The Balaban J connectivity index is 1.92. The van der Waals surface area contributed by atoms with Gasteiger partial charge in [-0.1, -0.05) is 30.0 Å². The maximum absolute atomic E-state index is 12.0. The molecule has 6 nitrogen and oxygen atoms in total. The Labute approximate surface area is 138 Å². The van der Waals surface area contributed by atoms with Crippen LogP contribution in [0, 0.1) is 17.0 Å². The lowest BCUT2D eigenvalue weighted by molar-refractivity contribution is -0.384. The first-order chi connectivity index (χ1) is 10.5. The highest BCUT2D eigenvalue weighted by molar-refractivity contribution is 8.23. The van der Waals surface area contributed by atoms with Crippen LogP contribution in [-0.4, -0.2) is 38.9 Å². The second-order valence-corrected chi connectivity index (χ2v) is 6.68. The predicted octanol–water partition coefficient (Wildman–Crippen LogP) is 2.96. The molecule has 0 saturated carbocycles. The summed E-state index contributed by atoms with van der Waals surface area (Å²) < 4.78 is 0.714. The summed E-state index contributed by atoms with van der Waals surface area (Å²) in [4.78, 5) is 24.6. The van der Waals surface area contributed by atoms with Crippen molar-refractivity contribution in [3.8, 4) is 0 Å². The lowest BCUT2D eigenvalue weighted by Crippen LogP contribution is -2.25. The zero-order chi connectivity index (χ0) is 16.1. The summed E-state index contributed by atoms with van der Waals surface area (Å²) in [6.45, 7) is 3.65. The van der Waals surface area contributed by atoms with E-state index < -0.39 is 4.92 Å². The summed E-state index contributed by atoms with van der Waals surface area (Å²) in [5, 5.41) is 13.6. The van der Waals surface area contributed by atoms with E-state index in [0.29, 0.717) is 4.32 Å². The molecule has 1 N–H and O–H groups in total. The van der Waals surface area contributed by atoms with Gasteiger partial charge in [0.2, 0.25) is 5.91 Å². The van der Waals surface area contributed by atoms with Crippen molar-refractivity contribution >= 4 is 45.6 Å². The molecule has 0 aromatic heterocycles. The summed E-state index contributed by atoms with van der Waals surface area (Å²) in [5.41, 5.74) is 0.892. The number of hydrogen-bond donors (Lipinski definition) is 1. The van der Waals surface area contributed by atoms with E-state index in [1.54, 1.807) is 19.1 Å². The monoisotopic (exact) mass is 339 g/mol. The minimum atomic E-state index is -0.495. The number of thioether (sulfide) groups is 1. The molecule has 0 radical (unpaired) electrons. The summed E-state index contributed by atoms with van der Waals surface area (Å²) in [6.07, 6.45) is 2.25. The third-order valence-electron chi connectivity index (χ3n) is 3.32. The van der Waals surface area contributed by atoms with Crippen molar-refractivity contribution in [2.75, 3.05) is 24.2 Å². The molecular weight excluding hydrogens is 322 g/mol. The van der Waals surface area contributed by atoms with E-state index in [0.717, 1.165) is 31.5 Å². The maximum atomic E-state index is 12.0. The summed E-state index contributed by atoms with van der Waals surface area (Å²) in [5.74, 6) is -0.140. The van der Waals surface area contributed by atoms with E-state index in [1.807, 2.05) is 0 Å². The van der Waals surface area contributed by atoms with Gasteiger partial charge in [0.25, 0.3) is 5.69 Å². The molecule has 118 valence electrons. The van der Waals surface area contributed by atoms with Crippen LogP contribution < -0.4 is 5.32 Å². The van der Waals surface area contributed by atoms with Crippen LogP contribution in [0.4, 0.5) is 11.4 Å². The molecule has 2 rings (SSSR count). The van der Waals surface area contributed by atoms with Gasteiger partial charge < -0.3 is 10.2 Å². The predicted molar refractivity (Wildman–Crippen MR) is 92.3 cm³/mol. The second kappa shape index (κ2) is 7.55. The van der Waals surface area contributed by atoms with Crippen molar-refractivity contribution in [1.29, 1.82) is 0 Å². The number of likely N-dealkylation sites (tertiary alicyclic amines) is 1. The Kier molecular flexibility index (Phi) is 5.73. The zero-order valence-corrected chi connectivity index (χ0v) is 13.8. The van der Waals surface area contributed by atoms with E-state index >= 15 is 0 Å². The number of nitrogens with one attached hydrogen (secondary N) is 1. The average molecular weight is 339 g/mol. The number of carbonyl (C=O) groups is 1. The molecule has 0 atom stereocenters. The van der Waals surface area contributed by atoms with Crippen LogP contribution in [0.1, 0.15) is 18.4 Å². The summed E-state index contributed by atoms with van der Waals surface area (Å²) in [6, 6.07) is 4.72. The molecule has 1 aromatic carbocycles. The van der Waals surface area contributed by atoms with Gasteiger partial charge in [0.1, 0.15) is 10.0 Å². The number of amides is 1. The lowest BCUT2D eigenvalue weighted by atomic mass is 10.2.